The van der Waals surface area contributed by atoms with E-state index in [0.29, 0.717) is 62.5 Å². The first-order valence-corrected chi connectivity index (χ1v) is 23.6. The maximum Gasteiger partial charge on any atom is 0.331 e. The van der Waals surface area contributed by atoms with Gasteiger partial charge in [0.15, 0.2) is 16.5 Å². The van der Waals surface area contributed by atoms with Gasteiger partial charge in [0.05, 0.1) is 0 Å². The van der Waals surface area contributed by atoms with Crippen molar-refractivity contribution in [2.75, 3.05) is 58.9 Å². The summed E-state index contributed by atoms with van der Waals surface area (Å²) in [7, 11) is -4.17. The second-order valence-electron chi connectivity index (χ2n) is 15.9. The maximum atomic E-state index is 13.8. The highest BCUT2D eigenvalue weighted by Crippen LogP contribution is 2.46. The van der Waals surface area contributed by atoms with Gasteiger partial charge in [0.25, 0.3) is 0 Å². The number of carbonyl (C=O) groups is 3. The first kappa shape index (κ1) is 35.8. The fourth-order valence-corrected chi connectivity index (χ4v) is 13.2. The Bertz CT molecular complexity index is 1440. The molecule has 3 saturated heterocycles. The smallest absolute Gasteiger partial charge is 0.331 e. The molecular formula is C35H56N8O3Si2. The van der Waals surface area contributed by atoms with E-state index in [2.05, 4.69) is 76.9 Å². The second kappa shape index (κ2) is 13.1. The van der Waals surface area contributed by atoms with Crippen LogP contribution in [0.5, 0.6) is 0 Å². The molecule has 6 amide bonds. The standard InChI is InChI=1S/C35H56N8O3Si2/c1-11-19-34(3,4)47(7,8)42-25-23-40(32(42)45)29-17-13-15-27(36-29)38-21-22-39(31(38)44)28-16-14-18-30(37-28)41-24-26-43(33(41)46)48(9,10)35(5,6)20-12-2/h13-18H,11-12,19-26H2,1-10H3. The van der Waals surface area contributed by atoms with Gasteiger partial charge in [-0.05, 0) is 47.2 Å². The number of aromatic nitrogens is 2. The third-order valence-electron chi connectivity index (χ3n) is 12.0. The van der Waals surface area contributed by atoms with Crippen LogP contribution < -0.4 is 19.6 Å². The van der Waals surface area contributed by atoms with E-state index < -0.39 is 16.5 Å². The molecule has 0 bridgehead atoms. The summed E-state index contributed by atoms with van der Waals surface area (Å²) < 4.78 is 4.22. The van der Waals surface area contributed by atoms with Crippen LogP contribution in [0.3, 0.4) is 0 Å². The molecule has 5 rings (SSSR count). The van der Waals surface area contributed by atoms with E-state index in [0.717, 1.165) is 25.7 Å². The molecule has 0 radical (unpaired) electrons. The molecule has 48 heavy (non-hydrogen) atoms. The van der Waals surface area contributed by atoms with Gasteiger partial charge in [0, 0.05) is 39.3 Å². The summed E-state index contributed by atoms with van der Waals surface area (Å²) in [5.41, 5.74) is 0. The van der Waals surface area contributed by atoms with Gasteiger partial charge < -0.3 is 9.13 Å². The Balaban J connectivity index is 1.30. The van der Waals surface area contributed by atoms with Crippen LogP contribution in [0, 0.1) is 0 Å². The van der Waals surface area contributed by atoms with Gasteiger partial charge in [-0.1, -0.05) is 92.7 Å². The molecule has 11 nitrogen and oxygen atoms in total. The highest BCUT2D eigenvalue weighted by Gasteiger charge is 2.51. The molecule has 0 aliphatic carbocycles. The van der Waals surface area contributed by atoms with Crippen molar-refractivity contribution in [1.82, 2.24) is 19.1 Å². The second-order valence-corrected chi connectivity index (χ2v) is 25.9. The lowest BCUT2D eigenvalue weighted by Crippen LogP contribution is -2.57. The van der Waals surface area contributed by atoms with Gasteiger partial charge in [-0.3, -0.25) is 19.6 Å². The molecule has 0 unspecified atom stereocenters. The molecule has 3 aliphatic heterocycles. The number of nitrogens with zero attached hydrogens (tertiary/aromatic N) is 8. The number of urea groups is 3. The quantitative estimate of drug-likeness (QED) is 0.210. The predicted molar refractivity (Wildman–Crippen MR) is 200 cm³/mol. The van der Waals surface area contributed by atoms with Crippen LogP contribution in [0.1, 0.15) is 67.2 Å². The van der Waals surface area contributed by atoms with Crippen LogP contribution in [-0.4, -0.2) is 92.9 Å². The molecule has 0 atom stereocenters. The molecule has 0 N–H and O–H groups in total. The molecular weight excluding hydrogens is 637 g/mol. The summed E-state index contributed by atoms with van der Waals surface area (Å²) >= 11 is 0. The Morgan fingerprint density at radius 1 is 0.542 bits per heavy atom. The maximum absolute atomic E-state index is 13.8. The highest BCUT2D eigenvalue weighted by molar-refractivity contribution is 6.80. The Kier molecular flexibility index (Phi) is 9.79. The van der Waals surface area contributed by atoms with Crippen molar-refractivity contribution in [1.29, 1.82) is 0 Å². The first-order valence-electron chi connectivity index (χ1n) is 17.7. The van der Waals surface area contributed by atoms with E-state index >= 15 is 0 Å². The van der Waals surface area contributed by atoms with Crippen LogP contribution in [0.2, 0.25) is 36.3 Å². The molecule has 0 saturated carbocycles. The fourth-order valence-electron chi connectivity index (χ4n) is 7.52. The van der Waals surface area contributed by atoms with Crippen LogP contribution >= 0.6 is 0 Å². The van der Waals surface area contributed by atoms with Gasteiger partial charge in [0.2, 0.25) is 0 Å². The molecule has 5 heterocycles. The SMILES string of the molecule is CCCC(C)(C)[Si](C)(C)N1CCN(c2cccc(N3CCN(c4cccc(N5CCN([Si](C)(C)C(C)(C)CCC)C5=O)n4)C3=O)n2)C1=O. The van der Waals surface area contributed by atoms with Gasteiger partial charge in [-0.25, -0.2) is 24.4 Å². The molecule has 2 aromatic heterocycles. The summed E-state index contributed by atoms with van der Waals surface area (Å²) in [5.74, 6) is 2.15. The lowest BCUT2D eigenvalue weighted by molar-refractivity contribution is 0.235. The lowest BCUT2D eigenvalue weighted by Gasteiger charge is -2.45. The highest BCUT2D eigenvalue weighted by atomic mass is 28.3. The van der Waals surface area contributed by atoms with Crippen molar-refractivity contribution < 1.29 is 14.4 Å². The van der Waals surface area contributed by atoms with Crippen molar-refractivity contribution in [3.8, 4) is 0 Å². The molecule has 262 valence electrons. The molecule has 0 spiro atoms. The van der Waals surface area contributed by atoms with Gasteiger partial charge in [0.1, 0.15) is 23.3 Å². The van der Waals surface area contributed by atoms with Crippen molar-refractivity contribution in [3.63, 3.8) is 0 Å². The summed E-state index contributed by atoms with van der Waals surface area (Å²) in [4.78, 5) is 57.8. The van der Waals surface area contributed by atoms with Crippen molar-refractivity contribution in [2.24, 2.45) is 0 Å². The van der Waals surface area contributed by atoms with Crippen LogP contribution in [0.4, 0.5) is 37.7 Å². The number of hydrogen-bond acceptors (Lipinski definition) is 5. The fraction of sp³-hybridized carbons (Fsp3) is 0.629. The minimum absolute atomic E-state index is 0.00545. The van der Waals surface area contributed by atoms with Gasteiger partial charge in [-0.15, -0.1) is 0 Å². The Hall–Kier alpha value is -3.46. The Labute approximate surface area is 289 Å². The lowest BCUT2D eigenvalue weighted by atomic mass is 10.1. The van der Waals surface area contributed by atoms with Crippen LogP contribution in [0.25, 0.3) is 0 Å². The minimum Gasteiger partial charge on any atom is -0.350 e. The third kappa shape index (κ3) is 6.12. The van der Waals surface area contributed by atoms with E-state index in [1.807, 2.05) is 36.4 Å². The number of rotatable bonds is 12. The van der Waals surface area contributed by atoms with Crippen molar-refractivity contribution >= 4 is 57.8 Å². The molecule has 13 heteroatoms. The van der Waals surface area contributed by atoms with Gasteiger partial charge >= 0.3 is 18.1 Å². The number of amides is 6. The monoisotopic (exact) mass is 692 g/mol. The zero-order valence-corrected chi connectivity index (χ0v) is 32.8. The molecule has 3 aliphatic rings. The number of pyridine rings is 2. The first-order chi connectivity index (χ1) is 22.5. The zero-order valence-electron chi connectivity index (χ0n) is 30.8. The largest absolute Gasteiger partial charge is 0.350 e. The summed E-state index contributed by atoms with van der Waals surface area (Å²) in [6.45, 7) is 26.1. The third-order valence-corrected chi connectivity index (χ3v) is 22.6. The normalized spacial score (nSPS) is 18.3. The number of hydrogen-bond donors (Lipinski definition) is 0. The number of anilines is 4. The van der Waals surface area contributed by atoms with E-state index in [9.17, 15) is 14.4 Å². The Morgan fingerprint density at radius 2 is 0.833 bits per heavy atom. The minimum atomic E-state index is -2.09. The number of carbonyl (C=O) groups excluding carboxylic acids is 3. The molecule has 2 aromatic rings. The van der Waals surface area contributed by atoms with Crippen LogP contribution in [0.15, 0.2) is 36.4 Å². The molecule has 0 aromatic carbocycles. The van der Waals surface area contributed by atoms with E-state index in [1.165, 1.54) is 0 Å². The predicted octanol–water partition coefficient (Wildman–Crippen LogP) is 7.98. The van der Waals surface area contributed by atoms with Crippen LogP contribution in [-0.2, 0) is 0 Å². The average Bonchev–Trinajstić information content (AvgIpc) is 3.73. The zero-order chi connectivity index (χ0) is 35.2. The Morgan fingerprint density at radius 3 is 1.15 bits per heavy atom. The van der Waals surface area contributed by atoms with Crippen molar-refractivity contribution in [2.45, 2.75) is 103 Å². The summed E-state index contributed by atoms with van der Waals surface area (Å²) in [6, 6.07) is 10.9. The topological polar surface area (TPSA) is 96.4 Å². The summed E-state index contributed by atoms with van der Waals surface area (Å²) in [6.07, 6.45) is 4.34. The summed E-state index contributed by atoms with van der Waals surface area (Å²) in [5, 5.41) is 0.176. The van der Waals surface area contributed by atoms with Crippen molar-refractivity contribution in [3.05, 3.63) is 36.4 Å². The van der Waals surface area contributed by atoms with E-state index in [-0.39, 0.29) is 28.2 Å². The van der Waals surface area contributed by atoms with E-state index in [1.54, 1.807) is 19.6 Å². The van der Waals surface area contributed by atoms with E-state index in [4.69, 9.17) is 9.97 Å². The van der Waals surface area contributed by atoms with Gasteiger partial charge in [-0.2, -0.15) is 0 Å². The average molecular weight is 693 g/mol. The molecule has 3 fully saturated rings.